The van der Waals surface area contributed by atoms with Gasteiger partial charge in [-0.2, -0.15) is 5.10 Å². The third kappa shape index (κ3) is 1.84. The summed E-state index contributed by atoms with van der Waals surface area (Å²) in [4.78, 5) is 4.31. The van der Waals surface area contributed by atoms with Crippen LogP contribution in [0.4, 0.5) is 10.3 Å². The van der Waals surface area contributed by atoms with Crippen LogP contribution >= 0.6 is 11.6 Å². The molecular formula is C13H13ClFN5. The fourth-order valence-corrected chi connectivity index (χ4v) is 2.54. The van der Waals surface area contributed by atoms with Gasteiger partial charge in [0.1, 0.15) is 11.3 Å². The van der Waals surface area contributed by atoms with Gasteiger partial charge >= 0.3 is 0 Å². The van der Waals surface area contributed by atoms with E-state index < -0.39 is 5.82 Å². The number of nitrogen functional groups attached to an aromatic ring is 1. The lowest BCUT2D eigenvalue weighted by molar-refractivity contribution is 0.626. The maximum absolute atomic E-state index is 13.6. The van der Waals surface area contributed by atoms with E-state index in [-0.39, 0.29) is 5.95 Å². The zero-order valence-electron chi connectivity index (χ0n) is 11.1. The summed E-state index contributed by atoms with van der Waals surface area (Å²) in [6.45, 7) is 4.50. The first-order chi connectivity index (χ1) is 9.51. The van der Waals surface area contributed by atoms with E-state index in [1.54, 1.807) is 15.3 Å². The summed E-state index contributed by atoms with van der Waals surface area (Å²) in [7, 11) is 0. The number of halogens is 2. The van der Waals surface area contributed by atoms with Crippen LogP contribution in [0.3, 0.4) is 0 Å². The summed E-state index contributed by atoms with van der Waals surface area (Å²) in [6, 6.07) is 4.26. The molecule has 0 amide bonds. The monoisotopic (exact) mass is 293 g/mol. The predicted molar refractivity (Wildman–Crippen MR) is 76.6 cm³/mol. The normalized spacial score (nSPS) is 11.4. The second-order valence-corrected chi connectivity index (χ2v) is 4.94. The average Bonchev–Trinajstić information content (AvgIpc) is 2.85. The quantitative estimate of drug-likeness (QED) is 0.790. The van der Waals surface area contributed by atoms with Crippen molar-refractivity contribution in [2.45, 2.75) is 20.4 Å². The molecule has 0 atom stereocenters. The molecule has 2 aromatic heterocycles. The predicted octanol–water partition coefficient (Wildman–Crippen LogP) is 2.93. The fourth-order valence-electron chi connectivity index (χ4n) is 2.33. The number of nitrogens with two attached hydrogens (primary N) is 1. The van der Waals surface area contributed by atoms with Crippen molar-refractivity contribution in [2.24, 2.45) is 0 Å². The molecule has 0 aliphatic heterocycles. The molecule has 2 heterocycles. The highest BCUT2D eigenvalue weighted by atomic mass is 35.5. The van der Waals surface area contributed by atoms with E-state index in [2.05, 4.69) is 10.1 Å². The molecule has 3 rings (SSSR count). The molecule has 20 heavy (non-hydrogen) atoms. The number of fused-ring (bicyclic) bond motifs is 1. The van der Waals surface area contributed by atoms with Gasteiger partial charge in [0.15, 0.2) is 5.65 Å². The minimum Gasteiger partial charge on any atom is -0.369 e. The zero-order chi connectivity index (χ0) is 14.4. The second kappa shape index (κ2) is 4.49. The van der Waals surface area contributed by atoms with E-state index in [1.807, 2.05) is 13.8 Å². The van der Waals surface area contributed by atoms with Gasteiger partial charge in [-0.1, -0.05) is 11.6 Å². The topological polar surface area (TPSA) is 61.7 Å². The standard InChI is InChI=1S/C13H13ClFN5/c1-3-19-12-11(7(2)18-19)17-13(16)20(12)10-5-8(14)4-9(15)6-10/h4-6H,3H2,1-2H3,(H2,16,17). The summed E-state index contributed by atoms with van der Waals surface area (Å²) in [5.74, 6) is -0.141. The number of hydrogen-bond acceptors (Lipinski definition) is 3. The Labute approximate surface area is 119 Å². The van der Waals surface area contributed by atoms with Gasteiger partial charge in [0.05, 0.1) is 11.4 Å². The van der Waals surface area contributed by atoms with Crippen molar-refractivity contribution >= 4 is 28.7 Å². The van der Waals surface area contributed by atoms with E-state index in [0.29, 0.717) is 22.8 Å². The third-order valence-corrected chi connectivity index (χ3v) is 3.36. The molecule has 0 bridgehead atoms. The average molecular weight is 294 g/mol. The highest BCUT2D eigenvalue weighted by Gasteiger charge is 2.18. The zero-order valence-corrected chi connectivity index (χ0v) is 11.8. The summed E-state index contributed by atoms with van der Waals surface area (Å²) in [5, 5.41) is 4.70. The Morgan fingerprint density at radius 3 is 2.75 bits per heavy atom. The molecule has 104 valence electrons. The molecule has 0 spiro atoms. The van der Waals surface area contributed by atoms with Gasteiger partial charge in [0.2, 0.25) is 5.95 Å². The second-order valence-electron chi connectivity index (χ2n) is 4.51. The van der Waals surface area contributed by atoms with Crippen LogP contribution in [-0.4, -0.2) is 19.3 Å². The van der Waals surface area contributed by atoms with Gasteiger partial charge in [-0.05, 0) is 32.0 Å². The number of hydrogen-bond donors (Lipinski definition) is 1. The fraction of sp³-hybridized carbons (Fsp3) is 0.231. The number of aryl methyl sites for hydroxylation is 2. The lowest BCUT2D eigenvalue weighted by atomic mass is 10.3. The van der Waals surface area contributed by atoms with Crippen LogP contribution in [0.25, 0.3) is 16.9 Å². The smallest absolute Gasteiger partial charge is 0.207 e. The Morgan fingerprint density at radius 1 is 1.35 bits per heavy atom. The Bertz CT molecular complexity index is 785. The molecular weight excluding hydrogens is 281 g/mol. The molecule has 0 saturated heterocycles. The van der Waals surface area contributed by atoms with Gasteiger partial charge < -0.3 is 5.73 Å². The van der Waals surface area contributed by atoms with E-state index >= 15 is 0 Å². The summed E-state index contributed by atoms with van der Waals surface area (Å²) in [6.07, 6.45) is 0. The molecule has 0 saturated carbocycles. The van der Waals surface area contributed by atoms with Crippen LogP contribution < -0.4 is 5.73 Å². The minimum atomic E-state index is -0.423. The van der Waals surface area contributed by atoms with Crippen LogP contribution in [0.1, 0.15) is 12.6 Å². The van der Waals surface area contributed by atoms with Crippen molar-refractivity contribution < 1.29 is 4.39 Å². The molecule has 0 aliphatic carbocycles. The number of benzene rings is 1. The SMILES string of the molecule is CCn1nc(C)c2nc(N)n(-c3cc(F)cc(Cl)c3)c21. The van der Waals surface area contributed by atoms with Gasteiger partial charge in [-0.15, -0.1) is 0 Å². The Morgan fingerprint density at radius 2 is 2.10 bits per heavy atom. The molecule has 0 unspecified atom stereocenters. The highest BCUT2D eigenvalue weighted by Crippen LogP contribution is 2.27. The molecule has 2 N–H and O–H groups in total. The Kier molecular flexibility index (Phi) is 2.90. The maximum atomic E-state index is 13.6. The summed E-state index contributed by atoms with van der Waals surface area (Å²) < 4.78 is 17.0. The van der Waals surface area contributed by atoms with Crippen LogP contribution in [-0.2, 0) is 6.54 Å². The number of rotatable bonds is 2. The van der Waals surface area contributed by atoms with Crippen LogP contribution in [0.15, 0.2) is 18.2 Å². The highest BCUT2D eigenvalue weighted by molar-refractivity contribution is 6.30. The van der Waals surface area contributed by atoms with Gasteiger partial charge in [0, 0.05) is 11.6 Å². The van der Waals surface area contributed by atoms with E-state index in [1.165, 1.54) is 12.1 Å². The first-order valence-electron chi connectivity index (χ1n) is 6.19. The largest absolute Gasteiger partial charge is 0.369 e. The Hall–Kier alpha value is -2.08. The van der Waals surface area contributed by atoms with Crippen molar-refractivity contribution in [3.63, 3.8) is 0 Å². The first kappa shape index (κ1) is 12.9. The number of aromatic nitrogens is 4. The van der Waals surface area contributed by atoms with Crippen molar-refractivity contribution in [3.05, 3.63) is 34.7 Å². The lowest BCUT2D eigenvalue weighted by Gasteiger charge is -2.08. The molecule has 0 aliphatic rings. The maximum Gasteiger partial charge on any atom is 0.207 e. The van der Waals surface area contributed by atoms with Gasteiger partial charge in [0.25, 0.3) is 0 Å². The molecule has 1 aromatic carbocycles. The molecule has 7 heteroatoms. The van der Waals surface area contributed by atoms with E-state index in [4.69, 9.17) is 17.3 Å². The molecule has 5 nitrogen and oxygen atoms in total. The van der Waals surface area contributed by atoms with Crippen molar-refractivity contribution in [1.82, 2.24) is 19.3 Å². The third-order valence-electron chi connectivity index (χ3n) is 3.14. The van der Waals surface area contributed by atoms with Crippen LogP contribution in [0, 0.1) is 12.7 Å². The first-order valence-corrected chi connectivity index (χ1v) is 6.57. The number of anilines is 1. The molecule has 0 radical (unpaired) electrons. The lowest BCUT2D eigenvalue weighted by Crippen LogP contribution is -2.06. The molecule has 0 fully saturated rings. The van der Waals surface area contributed by atoms with Crippen molar-refractivity contribution in [1.29, 1.82) is 0 Å². The van der Waals surface area contributed by atoms with E-state index in [0.717, 1.165) is 11.3 Å². The van der Waals surface area contributed by atoms with Crippen LogP contribution in [0.5, 0.6) is 0 Å². The number of nitrogens with zero attached hydrogens (tertiary/aromatic N) is 4. The van der Waals surface area contributed by atoms with E-state index in [9.17, 15) is 4.39 Å². The molecule has 3 aromatic rings. The minimum absolute atomic E-state index is 0.282. The summed E-state index contributed by atoms with van der Waals surface area (Å²) in [5.41, 5.74) is 8.74. The number of imidazole rings is 1. The van der Waals surface area contributed by atoms with Crippen molar-refractivity contribution in [2.75, 3.05) is 5.73 Å². The Balaban J connectivity index is 2.37. The van der Waals surface area contributed by atoms with Gasteiger partial charge in [-0.25, -0.2) is 14.1 Å². The summed E-state index contributed by atoms with van der Waals surface area (Å²) >= 11 is 5.91. The van der Waals surface area contributed by atoms with Crippen LogP contribution in [0.2, 0.25) is 5.02 Å². The van der Waals surface area contributed by atoms with Crippen molar-refractivity contribution in [3.8, 4) is 5.69 Å². The van der Waals surface area contributed by atoms with Gasteiger partial charge in [-0.3, -0.25) is 4.57 Å².